The second-order valence-corrected chi connectivity index (χ2v) is 16.5. The van der Waals surface area contributed by atoms with Crippen LogP contribution in [0.2, 0.25) is 0 Å². The van der Waals surface area contributed by atoms with Gasteiger partial charge in [0.1, 0.15) is 6.10 Å². The van der Waals surface area contributed by atoms with Gasteiger partial charge in [-0.2, -0.15) is 0 Å². The van der Waals surface area contributed by atoms with E-state index in [1.807, 2.05) is 0 Å². The molecule has 6 heteroatoms. The number of rotatable bonds is 43. The predicted molar refractivity (Wildman–Crippen MR) is 232 cm³/mol. The number of amides is 1. The predicted octanol–water partition coefficient (Wildman–Crippen LogP) is 13.8. The summed E-state index contributed by atoms with van der Waals surface area (Å²) in [6.45, 7) is 6.42. The normalized spacial score (nSPS) is 13.4. The molecule has 3 N–H and O–H groups in total. The topological polar surface area (TPSA) is 95.9 Å². The molecule has 320 valence electrons. The molecule has 0 spiro atoms. The van der Waals surface area contributed by atoms with Crippen molar-refractivity contribution in [3.63, 3.8) is 0 Å². The maximum atomic E-state index is 13.1. The van der Waals surface area contributed by atoms with Crippen molar-refractivity contribution in [3.8, 4) is 0 Å². The smallest absolute Gasteiger partial charge is 0.306 e. The molecule has 54 heavy (non-hydrogen) atoms. The molecule has 0 heterocycles. The minimum absolute atomic E-state index is 0.0722. The molecule has 1 amide bonds. The quantitative estimate of drug-likeness (QED) is 0.0326. The number of hydrogen-bond acceptors (Lipinski definition) is 5. The standard InChI is InChI=1S/C48H93NO5/c1-4-7-10-13-16-19-21-23-25-26-28-31-34-37-40-46(51)45(43-50)49-47(52)42-44(39-36-33-30-18-15-12-9-6-3)54-48(53)41-38-35-32-29-27-24-22-20-17-14-11-8-5-2/h12,15,44-46,50-51H,4-11,13-14,16-43H2,1-3H3,(H,49,52)/b15-12-. The molecule has 6 nitrogen and oxygen atoms in total. The molecule has 0 aliphatic rings. The van der Waals surface area contributed by atoms with Crippen molar-refractivity contribution in [2.24, 2.45) is 0 Å². The third-order valence-corrected chi connectivity index (χ3v) is 11.1. The van der Waals surface area contributed by atoms with E-state index in [2.05, 4.69) is 38.2 Å². The molecule has 0 aliphatic heterocycles. The van der Waals surface area contributed by atoms with Gasteiger partial charge in [0.15, 0.2) is 0 Å². The zero-order valence-corrected chi connectivity index (χ0v) is 36.4. The lowest BCUT2D eigenvalue weighted by atomic mass is 10.0. The van der Waals surface area contributed by atoms with Crippen LogP contribution in [-0.4, -0.2) is 46.9 Å². The number of allylic oxidation sites excluding steroid dienone is 2. The summed E-state index contributed by atoms with van der Waals surface area (Å²) in [5, 5.41) is 23.6. The van der Waals surface area contributed by atoms with Crippen LogP contribution in [0.3, 0.4) is 0 Å². The third kappa shape index (κ3) is 37.5. The number of ether oxygens (including phenoxy) is 1. The van der Waals surface area contributed by atoms with E-state index >= 15 is 0 Å². The van der Waals surface area contributed by atoms with Crippen LogP contribution in [0.1, 0.15) is 258 Å². The summed E-state index contributed by atoms with van der Waals surface area (Å²) in [6.07, 6.45) is 45.6. The van der Waals surface area contributed by atoms with Gasteiger partial charge in [-0.3, -0.25) is 9.59 Å². The molecule has 0 radical (unpaired) electrons. The first-order chi connectivity index (χ1) is 26.5. The monoisotopic (exact) mass is 764 g/mol. The van der Waals surface area contributed by atoms with Gasteiger partial charge in [0.2, 0.25) is 5.91 Å². The summed E-state index contributed by atoms with van der Waals surface area (Å²) in [7, 11) is 0. The van der Waals surface area contributed by atoms with Crippen molar-refractivity contribution in [1.29, 1.82) is 0 Å². The zero-order chi connectivity index (χ0) is 39.6. The molecule has 0 bridgehead atoms. The Morgan fingerprint density at radius 1 is 0.519 bits per heavy atom. The van der Waals surface area contributed by atoms with E-state index in [0.29, 0.717) is 19.3 Å². The van der Waals surface area contributed by atoms with Crippen molar-refractivity contribution < 1.29 is 24.5 Å². The summed E-state index contributed by atoms with van der Waals surface area (Å²) >= 11 is 0. The number of aliphatic hydroxyl groups excluding tert-OH is 2. The van der Waals surface area contributed by atoms with Gasteiger partial charge in [-0.1, -0.05) is 213 Å². The first kappa shape index (κ1) is 52.6. The number of nitrogens with one attached hydrogen (secondary N) is 1. The summed E-state index contributed by atoms with van der Waals surface area (Å²) in [5.74, 6) is -0.481. The molecular formula is C48H93NO5. The van der Waals surface area contributed by atoms with Gasteiger partial charge in [0.05, 0.1) is 25.2 Å². The van der Waals surface area contributed by atoms with Crippen LogP contribution in [-0.2, 0) is 14.3 Å². The van der Waals surface area contributed by atoms with Gasteiger partial charge < -0.3 is 20.3 Å². The molecule has 3 unspecified atom stereocenters. The van der Waals surface area contributed by atoms with E-state index < -0.39 is 18.2 Å². The molecule has 0 aromatic rings. The minimum Gasteiger partial charge on any atom is -0.462 e. The maximum absolute atomic E-state index is 13.1. The minimum atomic E-state index is -0.784. The van der Waals surface area contributed by atoms with E-state index in [-0.39, 0.29) is 24.9 Å². The number of esters is 1. The average Bonchev–Trinajstić information content (AvgIpc) is 3.16. The highest BCUT2D eigenvalue weighted by Gasteiger charge is 2.24. The molecule has 3 atom stereocenters. The van der Waals surface area contributed by atoms with Crippen molar-refractivity contribution in [1.82, 2.24) is 5.32 Å². The van der Waals surface area contributed by atoms with Crippen LogP contribution in [0.25, 0.3) is 0 Å². The summed E-state index contributed by atoms with van der Waals surface area (Å²) in [5.41, 5.74) is 0. The third-order valence-electron chi connectivity index (χ3n) is 11.1. The van der Waals surface area contributed by atoms with Crippen molar-refractivity contribution in [3.05, 3.63) is 12.2 Å². The Balaban J connectivity index is 4.42. The van der Waals surface area contributed by atoms with Crippen molar-refractivity contribution >= 4 is 11.9 Å². The van der Waals surface area contributed by atoms with Crippen LogP contribution >= 0.6 is 0 Å². The maximum Gasteiger partial charge on any atom is 0.306 e. The van der Waals surface area contributed by atoms with Crippen LogP contribution < -0.4 is 5.32 Å². The highest BCUT2D eigenvalue weighted by molar-refractivity contribution is 5.77. The zero-order valence-electron chi connectivity index (χ0n) is 36.4. The van der Waals surface area contributed by atoms with Gasteiger partial charge in [0.25, 0.3) is 0 Å². The second kappa shape index (κ2) is 42.7. The number of hydrogen-bond donors (Lipinski definition) is 3. The van der Waals surface area contributed by atoms with Gasteiger partial charge in [-0.25, -0.2) is 0 Å². The summed E-state index contributed by atoms with van der Waals surface area (Å²) in [4.78, 5) is 25.9. The summed E-state index contributed by atoms with van der Waals surface area (Å²) in [6, 6.07) is -0.698. The van der Waals surface area contributed by atoms with E-state index in [1.165, 1.54) is 148 Å². The van der Waals surface area contributed by atoms with Gasteiger partial charge in [0, 0.05) is 6.42 Å². The van der Waals surface area contributed by atoms with Gasteiger partial charge in [-0.05, 0) is 44.9 Å². The van der Waals surface area contributed by atoms with E-state index in [9.17, 15) is 19.8 Å². The molecule has 0 aromatic heterocycles. The molecule has 0 aliphatic carbocycles. The average molecular weight is 764 g/mol. The van der Waals surface area contributed by atoms with E-state index in [0.717, 1.165) is 64.2 Å². The fourth-order valence-electron chi connectivity index (χ4n) is 7.43. The molecule has 0 saturated heterocycles. The largest absolute Gasteiger partial charge is 0.462 e. The molecule has 0 aromatic carbocycles. The van der Waals surface area contributed by atoms with Crippen molar-refractivity contribution in [2.75, 3.05) is 6.61 Å². The van der Waals surface area contributed by atoms with Crippen LogP contribution in [0.5, 0.6) is 0 Å². The SMILES string of the molecule is CCC/C=C\CCCCCC(CC(=O)NC(CO)C(O)CCCCCCCCCCCCCCCC)OC(=O)CCCCCCCCCCCCCCC. The van der Waals surface area contributed by atoms with E-state index in [4.69, 9.17) is 4.74 Å². The van der Waals surface area contributed by atoms with Crippen LogP contribution in [0.4, 0.5) is 0 Å². The van der Waals surface area contributed by atoms with Crippen LogP contribution in [0.15, 0.2) is 12.2 Å². The fraction of sp³-hybridized carbons (Fsp3) is 0.917. The Hall–Kier alpha value is -1.40. The van der Waals surface area contributed by atoms with E-state index in [1.54, 1.807) is 0 Å². The Labute approximate surface area is 336 Å². The Morgan fingerprint density at radius 2 is 0.926 bits per heavy atom. The van der Waals surface area contributed by atoms with Crippen LogP contribution in [0, 0.1) is 0 Å². The van der Waals surface area contributed by atoms with Crippen molar-refractivity contribution in [2.45, 2.75) is 277 Å². The molecule has 0 saturated carbocycles. The van der Waals surface area contributed by atoms with Gasteiger partial charge >= 0.3 is 5.97 Å². The molecular weight excluding hydrogens is 671 g/mol. The summed E-state index contributed by atoms with van der Waals surface area (Å²) < 4.78 is 5.88. The lowest BCUT2D eigenvalue weighted by molar-refractivity contribution is -0.151. The first-order valence-corrected chi connectivity index (χ1v) is 23.9. The Kier molecular flexibility index (Phi) is 41.6. The molecule has 0 rings (SSSR count). The Bertz CT molecular complexity index is 817. The Morgan fingerprint density at radius 3 is 1.39 bits per heavy atom. The number of carbonyl (C=O) groups is 2. The second-order valence-electron chi connectivity index (χ2n) is 16.5. The highest BCUT2D eigenvalue weighted by Crippen LogP contribution is 2.18. The number of unbranched alkanes of at least 4 members (excludes halogenated alkanes) is 29. The number of aliphatic hydroxyl groups is 2. The number of carbonyl (C=O) groups excluding carboxylic acids is 2. The van der Waals surface area contributed by atoms with Gasteiger partial charge in [-0.15, -0.1) is 0 Å². The lowest BCUT2D eigenvalue weighted by Gasteiger charge is -2.24. The first-order valence-electron chi connectivity index (χ1n) is 23.9. The fourth-order valence-corrected chi connectivity index (χ4v) is 7.43. The highest BCUT2D eigenvalue weighted by atomic mass is 16.5. The molecule has 0 fully saturated rings. The lowest BCUT2D eigenvalue weighted by Crippen LogP contribution is -2.46.